The van der Waals surface area contributed by atoms with Crippen LogP contribution in [0.25, 0.3) is 0 Å². The molecule has 26 heavy (non-hydrogen) atoms. The van der Waals surface area contributed by atoms with Crippen LogP contribution in [0.15, 0.2) is 42.5 Å². The highest BCUT2D eigenvalue weighted by atomic mass is 35.5. The summed E-state index contributed by atoms with van der Waals surface area (Å²) in [5.74, 6) is 0.202. The average molecular weight is 395 g/mol. The normalized spacial score (nSPS) is 10.3. The van der Waals surface area contributed by atoms with Crippen LogP contribution in [-0.4, -0.2) is 36.9 Å². The van der Waals surface area contributed by atoms with Crippen molar-refractivity contribution in [2.45, 2.75) is 13.3 Å². The summed E-state index contributed by atoms with van der Waals surface area (Å²) in [5, 5.41) is 3.63. The first-order valence-electron chi connectivity index (χ1n) is 8.09. The molecule has 1 N–H and O–H groups in total. The number of carbonyl (C=O) groups excluding carboxylic acids is 2. The van der Waals surface area contributed by atoms with Gasteiger partial charge in [0.05, 0.1) is 20.1 Å². The third-order valence-corrected chi connectivity index (χ3v) is 4.54. The summed E-state index contributed by atoms with van der Waals surface area (Å²) in [6, 6.07) is 12.1. The van der Waals surface area contributed by atoms with Crippen LogP contribution in [0.5, 0.6) is 5.75 Å². The quantitative estimate of drug-likeness (QED) is 0.770. The van der Waals surface area contributed by atoms with Gasteiger partial charge in [-0.25, -0.2) is 0 Å². The largest absolute Gasteiger partial charge is 0.497 e. The minimum Gasteiger partial charge on any atom is -0.497 e. The van der Waals surface area contributed by atoms with Crippen LogP contribution in [0.1, 0.15) is 12.5 Å². The van der Waals surface area contributed by atoms with Gasteiger partial charge in [-0.05, 0) is 48.9 Å². The van der Waals surface area contributed by atoms with Gasteiger partial charge in [0.25, 0.3) is 0 Å². The number of hydrogen-bond donors (Lipinski definition) is 1. The standard InChI is InChI=1S/C19H20Cl2N2O3/c1-3-23(19(25)11-15-16(20)5-4-6-17(15)21)12-18(24)22-13-7-9-14(26-2)10-8-13/h4-10H,3,11-12H2,1-2H3,(H,22,24). The molecule has 0 aromatic heterocycles. The Hall–Kier alpha value is -2.24. The van der Waals surface area contributed by atoms with Crippen molar-refractivity contribution < 1.29 is 14.3 Å². The van der Waals surface area contributed by atoms with E-state index in [-0.39, 0.29) is 24.8 Å². The van der Waals surface area contributed by atoms with E-state index in [1.807, 2.05) is 6.92 Å². The molecule has 0 heterocycles. The average Bonchev–Trinajstić information content (AvgIpc) is 2.63. The van der Waals surface area contributed by atoms with Crippen LogP contribution in [0, 0.1) is 0 Å². The summed E-state index contributed by atoms with van der Waals surface area (Å²) in [6.45, 7) is 2.16. The van der Waals surface area contributed by atoms with Gasteiger partial charge in [-0.15, -0.1) is 0 Å². The molecule has 0 aliphatic carbocycles. The van der Waals surface area contributed by atoms with Gasteiger partial charge in [-0.2, -0.15) is 0 Å². The Labute approximate surface area is 162 Å². The van der Waals surface area contributed by atoms with E-state index in [4.69, 9.17) is 27.9 Å². The number of methoxy groups -OCH3 is 1. The minimum absolute atomic E-state index is 0.0438. The van der Waals surface area contributed by atoms with Crippen LogP contribution in [0.2, 0.25) is 10.0 Å². The maximum absolute atomic E-state index is 12.5. The number of nitrogens with one attached hydrogen (secondary N) is 1. The Balaban J connectivity index is 1.98. The van der Waals surface area contributed by atoms with Crippen molar-refractivity contribution in [1.82, 2.24) is 4.90 Å². The Morgan fingerprint density at radius 1 is 1.08 bits per heavy atom. The first-order chi connectivity index (χ1) is 12.4. The second-order valence-corrected chi connectivity index (χ2v) is 6.38. The van der Waals surface area contributed by atoms with Crippen LogP contribution in [0.4, 0.5) is 5.69 Å². The zero-order valence-electron chi connectivity index (χ0n) is 14.6. The van der Waals surface area contributed by atoms with Crippen LogP contribution in [0.3, 0.4) is 0 Å². The number of rotatable bonds is 7. The maximum atomic E-state index is 12.5. The molecule has 0 saturated heterocycles. The van der Waals surface area contributed by atoms with E-state index in [0.717, 1.165) is 0 Å². The summed E-state index contributed by atoms with van der Waals surface area (Å²) in [7, 11) is 1.57. The summed E-state index contributed by atoms with van der Waals surface area (Å²) >= 11 is 12.2. The van der Waals surface area contributed by atoms with Crippen molar-refractivity contribution >= 4 is 40.7 Å². The number of amides is 2. The Kier molecular flexibility index (Phi) is 7.30. The molecule has 0 atom stereocenters. The molecule has 2 aromatic carbocycles. The molecule has 2 rings (SSSR count). The third-order valence-electron chi connectivity index (χ3n) is 3.83. The van der Waals surface area contributed by atoms with Crippen LogP contribution < -0.4 is 10.1 Å². The highest BCUT2D eigenvalue weighted by molar-refractivity contribution is 6.36. The highest BCUT2D eigenvalue weighted by Gasteiger charge is 2.18. The number of likely N-dealkylation sites (N-methyl/N-ethyl adjacent to an activating group) is 1. The van der Waals surface area contributed by atoms with E-state index >= 15 is 0 Å². The lowest BCUT2D eigenvalue weighted by atomic mass is 10.1. The SMILES string of the molecule is CCN(CC(=O)Nc1ccc(OC)cc1)C(=O)Cc1c(Cl)cccc1Cl. The van der Waals surface area contributed by atoms with Gasteiger partial charge >= 0.3 is 0 Å². The minimum atomic E-state index is -0.282. The van der Waals surface area contributed by atoms with Gasteiger partial charge in [0.1, 0.15) is 5.75 Å². The molecule has 2 amide bonds. The Morgan fingerprint density at radius 3 is 2.23 bits per heavy atom. The molecule has 0 fully saturated rings. The molecular weight excluding hydrogens is 375 g/mol. The van der Waals surface area contributed by atoms with Crippen molar-refractivity contribution in [3.8, 4) is 5.75 Å². The van der Waals surface area contributed by atoms with Gasteiger partial charge in [-0.3, -0.25) is 9.59 Å². The van der Waals surface area contributed by atoms with E-state index in [1.165, 1.54) is 4.90 Å². The van der Waals surface area contributed by atoms with E-state index in [1.54, 1.807) is 49.6 Å². The number of benzene rings is 2. The van der Waals surface area contributed by atoms with Gasteiger partial charge < -0.3 is 15.0 Å². The lowest BCUT2D eigenvalue weighted by Gasteiger charge is -2.21. The zero-order valence-corrected chi connectivity index (χ0v) is 16.1. The molecule has 0 saturated carbocycles. The predicted molar refractivity (Wildman–Crippen MR) is 104 cm³/mol. The van der Waals surface area contributed by atoms with Crippen molar-refractivity contribution in [3.63, 3.8) is 0 Å². The molecule has 5 nitrogen and oxygen atoms in total. The number of hydrogen-bond acceptors (Lipinski definition) is 3. The number of nitrogens with zero attached hydrogens (tertiary/aromatic N) is 1. The molecule has 7 heteroatoms. The number of halogens is 2. The number of ether oxygens (including phenoxy) is 1. The number of carbonyl (C=O) groups is 2. The van der Waals surface area contributed by atoms with Crippen molar-refractivity contribution in [3.05, 3.63) is 58.1 Å². The summed E-state index contributed by atoms with van der Waals surface area (Å²) in [4.78, 5) is 26.2. The third kappa shape index (κ3) is 5.38. The Bertz CT molecular complexity index is 759. The van der Waals surface area contributed by atoms with Crippen molar-refractivity contribution in [2.24, 2.45) is 0 Å². The Morgan fingerprint density at radius 2 is 1.69 bits per heavy atom. The molecule has 0 spiro atoms. The van der Waals surface area contributed by atoms with Crippen LogP contribution >= 0.6 is 23.2 Å². The first kappa shape index (κ1) is 20.1. The van der Waals surface area contributed by atoms with Gasteiger partial charge in [-0.1, -0.05) is 29.3 Å². The molecule has 0 aliphatic heterocycles. The van der Waals surface area contributed by atoms with E-state index in [2.05, 4.69) is 5.32 Å². The van der Waals surface area contributed by atoms with E-state index in [0.29, 0.717) is 33.6 Å². The predicted octanol–water partition coefficient (Wildman–Crippen LogP) is 4.03. The summed E-state index contributed by atoms with van der Waals surface area (Å²) in [5.41, 5.74) is 1.20. The van der Waals surface area contributed by atoms with Crippen molar-refractivity contribution in [2.75, 3.05) is 25.5 Å². The summed E-state index contributed by atoms with van der Waals surface area (Å²) in [6.07, 6.45) is 0.0438. The van der Waals surface area contributed by atoms with Gasteiger partial charge in [0.15, 0.2) is 0 Å². The molecular formula is C19H20Cl2N2O3. The van der Waals surface area contributed by atoms with E-state index in [9.17, 15) is 9.59 Å². The summed E-state index contributed by atoms with van der Waals surface area (Å²) < 4.78 is 5.08. The highest BCUT2D eigenvalue weighted by Crippen LogP contribution is 2.25. The number of anilines is 1. The zero-order chi connectivity index (χ0) is 19.1. The van der Waals surface area contributed by atoms with Crippen molar-refractivity contribution in [1.29, 1.82) is 0 Å². The second kappa shape index (κ2) is 9.46. The lowest BCUT2D eigenvalue weighted by molar-refractivity contribution is -0.133. The fourth-order valence-electron chi connectivity index (χ4n) is 2.39. The fraction of sp³-hybridized carbons (Fsp3) is 0.263. The smallest absolute Gasteiger partial charge is 0.243 e. The monoisotopic (exact) mass is 394 g/mol. The molecule has 0 unspecified atom stereocenters. The second-order valence-electron chi connectivity index (χ2n) is 5.56. The van der Waals surface area contributed by atoms with Gasteiger partial charge in [0.2, 0.25) is 11.8 Å². The first-order valence-corrected chi connectivity index (χ1v) is 8.84. The van der Waals surface area contributed by atoms with Crippen LogP contribution in [-0.2, 0) is 16.0 Å². The molecule has 0 bridgehead atoms. The fourth-order valence-corrected chi connectivity index (χ4v) is 2.92. The lowest BCUT2D eigenvalue weighted by Crippen LogP contribution is -2.38. The molecule has 0 radical (unpaired) electrons. The molecule has 2 aromatic rings. The van der Waals surface area contributed by atoms with Gasteiger partial charge in [0, 0.05) is 22.3 Å². The molecule has 138 valence electrons. The topological polar surface area (TPSA) is 58.6 Å². The van der Waals surface area contributed by atoms with E-state index < -0.39 is 0 Å². The maximum Gasteiger partial charge on any atom is 0.243 e. The molecule has 0 aliphatic rings.